The molecule has 78 valence electrons. The minimum atomic E-state index is -0.757. The SMILES string of the molecule is O=C1NC(=O)C(c2ccc(F)cc2Br)N1. The number of carbonyl (C=O) groups is 2. The van der Waals surface area contributed by atoms with Gasteiger partial charge in [0.1, 0.15) is 11.9 Å². The molecule has 0 bridgehead atoms. The zero-order valence-corrected chi connectivity index (χ0v) is 8.97. The Labute approximate surface area is 93.0 Å². The number of hydrogen-bond donors (Lipinski definition) is 2. The Morgan fingerprint density at radius 2 is 2.07 bits per heavy atom. The molecular weight excluding hydrogens is 267 g/mol. The maximum absolute atomic E-state index is 12.8. The Morgan fingerprint density at radius 3 is 2.60 bits per heavy atom. The van der Waals surface area contributed by atoms with Gasteiger partial charge in [-0.3, -0.25) is 10.1 Å². The molecule has 1 aromatic carbocycles. The molecule has 1 heterocycles. The van der Waals surface area contributed by atoms with E-state index in [1.165, 1.54) is 18.2 Å². The molecule has 0 saturated carbocycles. The molecule has 0 spiro atoms. The van der Waals surface area contributed by atoms with Crippen LogP contribution in [-0.4, -0.2) is 11.9 Å². The molecule has 1 aromatic rings. The average molecular weight is 273 g/mol. The summed E-state index contributed by atoms with van der Waals surface area (Å²) >= 11 is 3.13. The fraction of sp³-hybridized carbons (Fsp3) is 0.111. The molecule has 1 saturated heterocycles. The van der Waals surface area contributed by atoms with Gasteiger partial charge in [0.25, 0.3) is 5.91 Å². The summed E-state index contributed by atoms with van der Waals surface area (Å²) < 4.78 is 13.2. The maximum Gasteiger partial charge on any atom is 0.322 e. The Bertz CT molecular complexity index is 450. The number of urea groups is 1. The lowest BCUT2D eigenvalue weighted by Crippen LogP contribution is -2.22. The van der Waals surface area contributed by atoms with Gasteiger partial charge in [-0.15, -0.1) is 0 Å². The van der Waals surface area contributed by atoms with Crippen molar-refractivity contribution in [1.82, 2.24) is 10.6 Å². The fourth-order valence-corrected chi connectivity index (χ4v) is 1.95. The van der Waals surface area contributed by atoms with E-state index in [0.717, 1.165) is 0 Å². The van der Waals surface area contributed by atoms with E-state index in [1.54, 1.807) is 0 Å². The number of rotatable bonds is 1. The van der Waals surface area contributed by atoms with E-state index in [4.69, 9.17) is 0 Å². The van der Waals surface area contributed by atoms with Gasteiger partial charge in [0.05, 0.1) is 0 Å². The molecule has 6 heteroatoms. The van der Waals surface area contributed by atoms with Gasteiger partial charge in [-0.05, 0) is 17.7 Å². The van der Waals surface area contributed by atoms with Crippen LogP contribution in [-0.2, 0) is 4.79 Å². The van der Waals surface area contributed by atoms with Gasteiger partial charge < -0.3 is 5.32 Å². The van der Waals surface area contributed by atoms with Crippen molar-refractivity contribution in [2.75, 3.05) is 0 Å². The summed E-state index contributed by atoms with van der Waals surface area (Å²) in [7, 11) is 0. The number of halogens is 2. The van der Waals surface area contributed by atoms with Crippen molar-refractivity contribution in [3.05, 3.63) is 34.1 Å². The monoisotopic (exact) mass is 272 g/mol. The van der Waals surface area contributed by atoms with Crippen molar-refractivity contribution >= 4 is 27.9 Å². The molecule has 1 atom stereocenters. The number of amides is 3. The first-order valence-electron chi connectivity index (χ1n) is 4.14. The van der Waals surface area contributed by atoms with E-state index < -0.39 is 23.8 Å². The second-order valence-corrected chi connectivity index (χ2v) is 3.92. The lowest BCUT2D eigenvalue weighted by Gasteiger charge is -2.09. The summed E-state index contributed by atoms with van der Waals surface area (Å²) in [4.78, 5) is 22.2. The largest absolute Gasteiger partial charge is 0.322 e. The highest BCUT2D eigenvalue weighted by Crippen LogP contribution is 2.26. The van der Waals surface area contributed by atoms with Gasteiger partial charge in [-0.25, -0.2) is 9.18 Å². The van der Waals surface area contributed by atoms with E-state index in [9.17, 15) is 14.0 Å². The van der Waals surface area contributed by atoms with Crippen molar-refractivity contribution in [3.8, 4) is 0 Å². The van der Waals surface area contributed by atoms with Crippen LogP contribution >= 0.6 is 15.9 Å². The van der Waals surface area contributed by atoms with E-state index in [-0.39, 0.29) is 0 Å². The third-order valence-electron chi connectivity index (χ3n) is 2.05. The lowest BCUT2D eigenvalue weighted by atomic mass is 10.1. The topological polar surface area (TPSA) is 58.2 Å². The maximum atomic E-state index is 12.8. The molecule has 3 amide bonds. The van der Waals surface area contributed by atoms with Crippen molar-refractivity contribution in [2.45, 2.75) is 6.04 Å². The Balaban J connectivity index is 2.38. The summed E-state index contributed by atoms with van der Waals surface area (Å²) in [5, 5.41) is 4.53. The molecule has 0 aromatic heterocycles. The summed E-state index contributed by atoms with van der Waals surface area (Å²) in [6, 6.07) is 2.63. The van der Waals surface area contributed by atoms with Crippen molar-refractivity contribution in [3.63, 3.8) is 0 Å². The Kier molecular flexibility index (Phi) is 2.44. The zero-order valence-electron chi connectivity index (χ0n) is 7.38. The molecule has 1 aliphatic rings. The van der Waals surface area contributed by atoms with Crippen LogP contribution in [0.4, 0.5) is 9.18 Å². The second-order valence-electron chi connectivity index (χ2n) is 3.06. The zero-order chi connectivity index (χ0) is 11.0. The van der Waals surface area contributed by atoms with Crippen molar-refractivity contribution in [2.24, 2.45) is 0 Å². The standard InChI is InChI=1S/C9H6BrFN2O2/c10-6-3-4(11)1-2-5(6)7-8(14)13-9(15)12-7/h1-3,7H,(H2,12,13,14,15). The fourth-order valence-electron chi connectivity index (χ4n) is 1.37. The van der Waals surface area contributed by atoms with Gasteiger partial charge in [-0.2, -0.15) is 0 Å². The smallest absolute Gasteiger partial charge is 0.322 e. The van der Waals surface area contributed by atoms with E-state index in [0.29, 0.717) is 10.0 Å². The van der Waals surface area contributed by atoms with Gasteiger partial charge in [-0.1, -0.05) is 22.0 Å². The third kappa shape index (κ3) is 1.85. The van der Waals surface area contributed by atoms with E-state index >= 15 is 0 Å². The summed E-state index contributed by atoms with van der Waals surface area (Å²) in [5.41, 5.74) is 0.528. The molecular formula is C9H6BrFN2O2. The second kappa shape index (κ2) is 3.62. The highest BCUT2D eigenvalue weighted by atomic mass is 79.9. The van der Waals surface area contributed by atoms with Crippen molar-refractivity contribution < 1.29 is 14.0 Å². The van der Waals surface area contributed by atoms with Crippen LogP contribution in [0.3, 0.4) is 0 Å². The summed E-state index contributed by atoms with van der Waals surface area (Å²) in [5.74, 6) is -0.845. The average Bonchev–Trinajstić information content (AvgIpc) is 2.45. The first-order chi connectivity index (χ1) is 7.08. The van der Waals surface area contributed by atoms with Crippen LogP contribution in [0.15, 0.2) is 22.7 Å². The molecule has 2 N–H and O–H groups in total. The predicted octanol–water partition coefficient (Wildman–Crippen LogP) is 1.47. The van der Waals surface area contributed by atoms with Crippen LogP contribution < -0.4 is 10.6 Å². The third-order valence-corrected chi connectivity index (χ3v) is 2.73. The van der Waals surface area contributed by atoms with Crippen LogP contribution in [0.1, 0.15) is 11.6 Å². The first-order valence-corrected chi connectivity index (χ1v) is 4.93. The van der Waals surface area contributed by atoms with Crippen LogP contribution in [0.5, 0.6) is 0 Å². The molecule has 15 heavy (non-hydrogen) atoms. The first kappa shape index (κ1) is 10.1. The van der Waals surface area contributed by atoms with E-state index in [1.807, 2.05) is 0 Å². The number of imide groups is 1. The van der Waals surface area contributed by atoms with Crippen LogP contribution in [0.2, 0.25) is 0 Å². The van der Waals surface area contributed by atoms with Gasteiger partial charge >= 0.3 is 6.03 Å². The number of benzene rings is 1. The van der Waals surface area contributed by atoms with Gasteiger partial charge in [0.15, 0.2) is 0 Å². The lowest BCUT2D eigenvalue weighted by molar-refractivity contribution is -0.120. The summed E-state index contributed by atoms with van der Waals surface area (Å²) in [6.45, 7) is 0. The molecule has 2 rings (SSSR count). The minimum Gasteiger partial charge on any atom is -0.322 e. The minimum absolute atomic E-state index is 0.407. The predicted molar refractivity (Wildman–Crippen MR) is 53.5 cm³/mol. The quantitative estimate of drug-likeness (QED) is 0.761. The van der Waals surface area contributed by atoms with Crippen molar-refractivity contribution in [1.29, 1.82) is 0 Å². The van der Waals surface area contributed by atoms with Gasteiger partial charge in [0, 0.05) is 4.47 Å². The number of nitrogens with one attached hydrogen (secondary N) is 2. The number of hydrogen-bond acceptors (Lipinski definition) is 2. The summed E-state index contributed by atoms with van der Waals surface area (Å²) in [6.07, 6.45) is 0. The Hall–Kier alpha value is -1.43. The molecule has 1 fully saturated rings. The number of carbonyl (C=O) groups excluding carboxylic acids is 2. The van der Waals surface area contributed by atoms with E-state index in [2.05, 4.69) is 26.6 Å². The normalized spacial score (nSPS) is 20.0. The molecule has 4 nitrogen and oxygen atoms in total. The highest BCUT2D eigenvalue weighted by molar-refractivity contribution is 9.10. The van der Waals surface area contributed by atoms with Crippen LogP contribution in [0, 0.1) is 5.82 Å². The molecule has 0 radical (unpaired) electrons. The van der Waals surface area contributed by atoms with Gasteiger partial charge in [0.2, 0.25) is 0 Å². The van der Waals surface area contributed by atoms with Crippen LogP contribution in [0.25, 0.3) is 0 Å². The molecule has 1 unspecified atom stereocenters. The Morgan fingerprint density at radius 1 is 1.33 bits per heavy atom. The molecule has 0 aliphatic carbocycles. The molecule has 1 aliphatic heterocycles. The highest BCUT2D eigenvalue weighted by Gasteiger charge is 2.32.